The molecule has 1 saturated carbocycles. The van der Waals surface area contributed by atoms with E-state index in [-0.39, 0.29) is 32.9 Å². The molecule has 2 atom stereocenters. The number of pyridine rings is 1. The maximum Gasteiger partial charge on any atom is 0.281 e. The molecule has 36 heavy (non-hydrogen) atoms. The molecule has 0 amide bonds. The molecule has 3 aromatic heterocycles. The van der Waals surface area contributed by atoms with Crippen molar-refractivity contribution < 1.29 is 19.0 Å². The first kappa shape index (κ1) is 23.3. The molecular formula is C25H29F4N7. The van der Waals surface area contributed by atoms with Crippen molar-refractivity contribution in [3.8, 4) is 11.3 Å². The molecule has 1 saturated heterocycles. The summed E-state index contributed by atoms with van der Waals surface area (Å²) in [5.74, 6) is -3.25. The molecular weight excluding hydrogens is 474 g/mol. The second-order valence-corrected chi connectivity index (χ2v) is 10.0. The molecule has 11 heteroatoms. The molecule has 0 aromatic carbocycles. The van der Waals surface area contributed by atoms with Gasteiger partial charge in [0.25, 0.3) is 5.92 Å². The van der Waals surface area contributed by atoms with Crippen molar-refractivity contribution in [1.29, 1.82) is 0 Å². The van der Waals surface area contributed by atoms with Gasteiger partial charge < -0.3 is 5.32 Å². The van der Waals surface area contributed by atoms with Crippen molar-refractivity contribution in [2.24, 2.45) is 4.99 Å². The lowest BCUT2D eigenvalue weighted by Gasteiger charge is -2.22. The highest BCUT2D eigenvalue weighted by atomic mass is 19.3. The normalized spacial score (nSPS) is 24.1. The summed E-state index contributed by atoms with van der Waals surface area (Å²) in [5.41, 5.74) is 3.74. The molecule has 2 aliphatic heterocycles. The number of hydrogen-bond donors (Lipinski definition) is 1. The summed E-state index contributed by atoms with van der Waals surface area (Å²) in [6.45, 7) is 1.76. The lowest BCUT2D eigenvalue weighted by Crippen LogP contribution is -2.38. The molecule has 0 spiro atoms. The molecule has 0 bridgehead atoms. The summed E-state index contributed by atoms with van der Waals surface area (Å²) in [6, 6.07) is 4.55. The van der Waals surface area contributed by atoms with E-state index in [1.165, 1.54) is 0 Å². The molecule has 5 heterocycles. The maximum absolute atomic E-state index is 14.8. The van der Waals surface area contributed by atoms with Gasteiger partial charge >= 0.3 is 0 Å². The molecule has 1 unspecified atom stereocenters. The lowest BCUT2D eigenvalue weighted by atomic mass is 9.97. The minimum absolute atomic E-state index is 0. The first-order valence-electron chi connectivity index (χ1n) is 12.4. The Morgan fingerprint density at radius 2 is 2.00 bits per heavy atom. The van der Waals surface area contributed by atoms with Crippen LogP contribution >= 0.6 is 0 Å². The Morgan fingerprint density at radius 3 is 2.78 bits per heavy atom. The van der Waals surface area contributed by atoms with Gasteiger partial charge in [0.1, 0.15) is 6.04 Å². The quantitative estimate of drug-likeness (QED) is 0.446. The van der Waals surface area contributed by atoms with Crippen molar-refractivity contribution in [3.05, 3.63) is 36.3 Å². The minimum atomic E-state index is -2.87. The fraction of sp³-hybridized carbons (Fsp3) is 0.520. The van der Waals surface area contributed by atoms with Crippen molar-refractivity contribution in [3.63, 3.8) is 0 Å². The zero-order valence-electron chi connectivity index (χ0n) is 19.8. The highest BCUT2D eigenvalue weighted by Gasteiger charge is 2.50. The summed E-state index contributed by atoms with van der Waals surface area (Å²) in [5, 5.41) is 7.26. The molecule has 192 valence electrons. The number of nitrogens with one attached hydrogen (secondary N) is 1. The van der Waals surface area contributed by atoms with Crippen LogP contribution in [0.1, 0.15) is 52.1 Å². The predicted octanol–water partition coefficient (Wildman–Crippen LogP) is 5.56. The summed E-state index contributed by atoms with van der Waals surface area (Å²) in [7, 11) is 0. The predicted molar refractivity (Wildman–Crippen MR) is 131 cm³/mol. The van der Waals surface area contributed by atoms with Crippen molar-refractivity contribution in [1.82, 2.24) is 24.5 Å². The van der Waals surface area contributed by atoms with E-state index in [2.05, 4.69) is 25.4 Å². The average molecular weight is 504 g/mol. The highest BCUT2D eigenvalue weighted by Crippen LogP contribution is 2.39. The number of halogens is 4. The largest absolute Gasteiger partial charge is 0.343 e. The van der Waals surface area contributed by atoms with Gasteiger partial charge in [-0.15, -0.1) is 5.10 Å². The molecule has 1 N–H and O–H groups in total. The van der Waals surface area contributed by atoms with Crippen LogP contribution in [0.3, 0.4) is 0 Å². The van der Waals surface area contributed by atoms with Crippen LogP contribution in [0.15, 0.2) is 35.6 Å². The standard InChI is InChI=1S/C25H27F4N7.H2/c1-14-17(10-22(26)27)23-19(31-14)7-6-18(32-23)16-8-9-36-20(16)11-30-24(34-36)33-21-12-35(13-25(21,28)29)15-4-2-3-5-15;/h6-9,11,15,17,21-22H,2-5,10,12-13H2,1H3,(H,33,34);1H/t17?,21-;/m1./s1. The summed E-state index contributed by atoms with van der Waals surface area (Å²) in [6.07, 6.45) is 4.65. The summed E-state index contributed by atoms with van der Waals surface area (Å²) >= 11 is 0. The van der Waals surface area contributed by atoms with E-state index in [1.54, 1.807) is 42.0 Å². The van der Waals surface area contributed by atoms with Gasteiger partial charge in [-0.1, -0.05) is 12.8 Å². The SMILES string of the molecule is CC1=Nc2ccc(-c3ccn4nc(N[C@@H]5CN(C6CCCC6)CC5(F)F)ncc34)nc2C1CC(F)F.[HH]. The zero-order chi connectivity index (χ0) is 25.0. The van der Waals surface area contributed by atoms with Crippen LogP contribution in [-0.2, 0) is 0 Å². The van der Waals surface area contributed by atoms with E-state index >= 15 is 0 Å². The van der Waals surface area contributed by atoms with Gasteiger partial charge in [-0.25, -0.2) is 32.0 Å². The average Bonchev–Trinajstić information content (AvgIpc) is 3.61. The number of likely N-dealkylation sites (tertiary alicyclic amines) is 1. The van der Waals surface area contributed by atoms with E-state index in [0.29, 0.717) is 28.3 Å². The highest BCUT2D eigenvalue weighted by molar-refractivity contribution is 5.96. The molecule has 0 radical (unpaired) electrons. The van der Waals surface area contributed by atoms with Crippen LogP contribution < -0.4 is 5.32 Å². The smallest absolute Gasteiger partial charge is 0.281 e. The van der Waals surface area contributed by atoms with E-state index in [4.69, 9.17) is 0 Å². The number of anilines is 1. The van der Waals surface area contributed by atoms with Gasteiger partial charge in [0.15, 0.2) is 0 Å². The van der Waals surface area contributed by atoms with Crippen molar-refractivity contribution in [2.45, 2.75) is 69.4 Å². The third kappa shape index (κ3) is 4.12. The van der Waals surface area contributed by atoms with Gasteiger partial charge in [0.05, 0.1) is 35.3 Å². The molecule has 7 nitrogen and oxygen atoms in total. The minimum Gasteiger partial charge on any atom is -0.343 e. The van der Waals surface area contributed by atoms with Crippen LogP contribution in [0, 0.1) is 0 Å². The topological polar surface area (TPSA) is 70.7 Å². The van der Waals surface area contributed by atoms with Crippen molar-refractivity contribution in [2.75, 3.05) is 18.4 Å². The van der Waals surface area contributed by atoms with Gasteiger partial charge in [0, 0.05) is 43.8 Å². The number of hydrogen-bond acceptors (Lipinski definition) is 6. The summed E-state index contributed by atoms with van der Waals surface area (Å²) in [4.78, 5) is 15.3. The van der Waals surface area contributed by atoms with E-state index in [1.807, 2.05) is 4.90 Å². The second-order valence-electron chi connectivity index (χ2n) is 10.0. The molecule has 2 fully saturated rings. The lowest BCUT2D eigenvalue weighted by molar-refractivity contribution is 0.000250. The number of aliphatic imine (C=N–C) groups is 1. The molecule has 6 rings (SSSR count). The van der Waals surface area contributed by atoms with Gasteiger partial charge in [-0.05, 0) is 38.0 Å². The van der Waals surface area contributed by atoms with Crippen LogP contribution in [0.25, 0.3) is 16.8 Å². The third-order valence-corrected chi connectivity index (χ3v) is 7.63. The van der Waals surface area contributed by atoms with Gasteiger partial charge in [-0.3, -0.25) is 9.89 Å². The van der Waals surface area contributed by atoms with Crippen LogP contribution in [0.2, 0.25) is 0 Å². The Balaban J connectivity index is 0.00000280. The number of aromatic nitrogens is 4. The van der Waals surface area contributed by atoms with Crippen molar-refractivity contribution >= 4 is 22.9 Å². The van der Waals surface area contributed by atoms with E-state index < -0.39 is 24.3 Å². The number of alkyl halides is 4. The van der Waals surface area contributed by atoms with Gasteiger partial charge in [-0.2, -0.15) is 0 Å². The number of fused-ring (bicyclic) bond motifs is 2. The monoisotopic (exact) mass is 503 g/mol. The summed E-state index contributed by atoms with van der Waals surface area (Å²) < 4.78 is 57.3. The van der Waals surface area contributed by atoms with Crippen LogP contribution in [0.5, 0.6) is 0 Å². The second kappa shape index (κ2) is 8.79. The fourth-order valence-corrected chi connectivity index (χ4v) is 5.75. The Kier molecular flexibility index (Phi) is 5.70. The fourth-order valence-electron chi connectivity index (χ4n) is 5.75. The molecule has 1 aliphatic carbocycles. The Bertz CT molecular complexity index is 1320. The first-order valence-corrected chi connectivity index (χ1v) is 12.4. The molecule has 3 aliphatic rings. The zero-order valence-corrected chi connectivity index (χ0v) is 19.8. The Morgan fingerprint density at radius 1 is 1.19 bits per heavy atom. The number of rotatable bonds is 6. The Hall–Kier alpha value is -3.08. The molecule has 3 aromatic rings. The maximum atomic E-state index is 14.8. The van der Waals surface area contributed by atoms with E-state index in [9.17, 15) is 17.6 Å². The third-order valence-electron chi connectivity index (χ3n) is 7.63. The van der Waals surface area contributed by atoms with E-state index in [0.717, 1.165) is 31.2 Å². The number of nitrogens with zero attached hydrogens (tertiary/aromatic N) is 6. The first-order chi connectivity index (χ1) is 17.3. The van der Waals surface area contributed by atoms with Crippen LogP contribution in [0.4, 0.5) is 29.2 Å². The Labute approximate surface area is 207 Å². The van der Waals surface area contributed by atoms with Crippen LogP contribution in [-0.4, -0.2) is 67.7 Å². The van der Waals surface area contributed by atoms with Gasteiger partial charge in [0.2, 0.25) is 12.4 Å².